The van der Waals surface area contributed by atoms with Crippen LogP contribution in [0.15, 0.2) is 11.1 Å². The van der Waals surface area contributed by atoms with Gasteiger partial charge in [-0.3, -0.25) is 24.2 Å². The number of aldehydes is 1. The van der Waals surface area contributed by atoms with Gasteiger partial charge in [0.25, 0.3) is 5.56 Å². The number of carbonyl (C=O) groups excluding carboxylic acids is 2. The van der Waals surface area contributed by atoms with Gasteiger partial charge in [0.2, 0.25) is 5.95 Å². The maximum Gasteiger partial charge on any atom is 0.323 e. The summed E-state index contributed by atoms with van der Waals surface area (Å²) in [7, 11) is -1.61. The lowest BCUT2D eigenvalue weighted by atomic mass is 10.2. The number of nitrogens with two attached hydrogens (primary N) is 1. The highest BCUT2D eigenvalue weighted by atomic mass is 31.2. The first-order valence-corrected chi connectivity index (χ1v) is 11.6. The van der Waals surface area contributed by atoms with Gasteiger partial charge in [-0.15, -0.1) is 0 Å². The number of hydrogen-bond acceptors (Lipinski definition) is 12. The van der Waals surface area contributed by atoms with Crippen LogP contribution in [0, 0.1) is 0 Å². The predicted octanol–water partition coefficient (Wildman–Crippen LogP) is -0.688. The summed E-state index contributed by atoms with van der Waals surface area (Å²) in [4.78, 5) is 45.3. The van der Waals surface area contributed by atoms with E-state index >= 15 is 0 Å². The third-order valence-electron chi connectivity index (χ3n) is 4.67. The summed E-state index contributed by atoms with van der Waals surface area (Å²) in [5.41, 5.74) is 5.50. The number of ether oxygens (including phenoxy) is 2. The Bertz CT molecular complexity index is 1030. The molecule has 6 N–H and O–H groups in total. The smallest absolute Gasteiger partial charge is 0.323 e. The molecule has 0 bridgehead atoms. The zero-order valence-corrected chi connectivity index (χ0v) is 19.3. The number of hydrogen-bond donors (Lipinski definition) is 5. The fraction of sp³-hybridized carbons (Fsp3) is 0.611. The van der Waals surface area contributed by atoms with Crippen molar-refractivity contribution < 1.29 is 28.7 Å². The summed E-state index contributed by atoms with van der Waals surface area (Å²) in [6.45, 7) is 5.08. The van der Waals surface area contributed by atoms with Crippen molar-refractivity contribution in [1.29, 1.82) is 0 Å². The van der Waals surface area contributed by atoms with E-state index in [-0.39, 0.29) is 42.8 Å². The van der Waals surface area contributed by atoms with Gasteiger partial charge in [0.15, 0.2) is 19.6 Å². The second-order valence-electron chi connectivity index (χ2n) is 7.66. The lowest BCUT2D eigenvalue weighted by Gasteiger charge is -2.24. The highest BCUT2D eigenvalue weighted by Gasteiger charge is 2.37. The maximum absolute atomic E-state index is 12.1. The van der Waals surface area contributed by atoms with Gasteiger partial charge in [0, 0.05) is 6.42 Å². The molecule has 5 unspecified atom stereocenters. The van der Waals surface area contributed by atoms with Crippen LogP contribution in [-0.2, 0) is 23.6 Å². The highest BCUT2D eigenvalue weighted by Crippen LogP contribution is 2.34. The van der Waals surface area contributed by atoms with Crippen LogP contribution in [0.2, 0.25) is 0 Å². The highest BCUT2D eigenvalue weighted by molar-refractivity contribution is 7.48. The molecule has 0 aliphatic carbocycles. The Morgan fingerprint density at radius 2 is 2.27 bits per heavy atom. The molecular weight excluding hydrogens is 457 g/mol. The third kappa shape index (κ3) is 6.31. The monoisotopic (exact) mass is 485 g/mol. The molecule has 3 rings (SSSR count). The second-order valence-corrected chi connectivity index (χ2v) is 9.08. The lowest BCUT2D eigenvalue weighted by Crippen LogP contribution is -2.37. The first-order valence-electron chi connectivity index (χ1n) is 10.3. The van der Waals surface area contributed by atoms with Gasteiger partial charge in [0.1, 0.15) is 24.7 Å². The number of fused-ring (bicyclic) bond motifs is 1. The number of anilines is 1. The van der Waals surface area contributed by atoms with Gasteiger partial charge in [-0.05, 0) is 20.8 Å². The Morgan fingerprint density at radius 3 is 2.97 bits per heavy atom. The molecule has 2 aromatic rings. The Kier molecular flexibility index (Phi) is 8.46. The number of imidazole rings is 1. The van der Waals surface area contributed by atoms with Gasteiger partial charge in [0.05, 0.1) is 31.7 Å². The SMILES string of the molecule is CC(C)OC(=O)C(C)NP(NCC=O)OCC1OC(n2cnc3c(=O)[nH]c(N)nc32)CC1O. The maximum atomic E-state index is 12.1. The third-order valence-corrected chi connectivity index (χ3v) is 6.17. The Balaban J connectivity index is 1.63. The van der Waals surface area contributed by atoms with Crippen LogP contribution >= 0.6 is 8.45 Å². The molecule has 5 atom stereocenters. The molecule has 1 aliphatic heterocycles. The first-order chi connectivity index (χ1) is 15.7. The van der Waals surface area contributed by atoms with Crippen LogP contribution < -0.4 is 21.5 Å². The second kappa shape index (κ2) is 11.1. The van der Waals surface area contributed by atoms with Crippen molar-refractivity contribution >= 4 is 37.8 Å². The number of aromatic nitrogens is 4. The van der Waals surface area contributed by atoms with Crippen LogP contribution in [0.1, 0.15) is 33.4 Å². The first kappa shape index (κ1) is 25.1. The van der Waals surface area contributed by atoms with Crippen molar-refractivity contribution in [1.82, 2.24) is 29.7 Å². The summed E-state index contributed by atoms with van der Waals surface area (Å²) < 4.78 is 18.4. The molecule has 0 spiro atoms. The van der Waals surface area contributed by atoms with E-state index in [0.29, 0.717) is 6.29 Å². The molecule has 1 saturated heterocycles. The fourth-order valence-corrected chi connectivity index (χ4v) is 4.40. The van der Waals surface area contributed by atoms with E-state index in [4.69, 9.17) is 19.7 Å². The molecule has 0 saturated carbocycles. The van der Waals surface area contributed by atoms with Crippen LogP contribution in [0.25, 0.3) is 11.2 Å². The Morgan fingerprint density at radius 1 is 1.52 bits per heavy atom. The summed E-state index contributed by atoms with van der Waals surface area (Å²) >= 11 is 0. The van der Waals surface area contributed by atoms with Crippen LogP contribution in [0.3, 0.4) is 0 Å². The van der Waals surface area contributed by atoms with Gasteiger partial charge in [-0.25, -0.2) is 10.1 Å². The van der Waals surface area contributed by atoms with Gasteiger partial charge in [-0.2, -0.15) is 4.98 Å². The lowest BCUT2D eigenvalue weighted by molar-refractivity contribution is -0.149. The van der Waals surface area contributed by atoms with Gasteiger partial charge >= 0.3 is 5.97 Å². The number of nitrogens with one attached hydrogen (secondary N) is 3. The molecule has 14 nitrogen and oxygen atoms in total. The molecule has 0 aromatic carbocycles. The molecule has 0 radical (unpaired) electrons. The summed E-state index contributed by atoms with van der Waals surface area (Å²) in [5.74, 6) is -0.518. The van der Waals surface area contributed by atoms with E-state index in [1.54, 1.807) is 20.8 Å². The summed E-state index contributed by atoms with van der Waals surface area (Å²) in [6, 6.07) is -0.688. The number of esters is 1. The summed E-state index contributed by atoms with van der Waals surface area (Å²) in [6.07, 6.45) is -0.232. The minimum atomic E-state index is -1.61. The van der Waals surface area contributed by atoms with Gasteiger partial charge in [-0.1, -0.05) is 0 Å². The zero-order valence-electron chi connectivity index (χ0n) is 18.4. The minimum Gasteiger partial charge on any atom is -0.462 e. The topological polar surface area (TPSA) is 196 Å². The van der Waals surface area contributed by atoms with Crippen LogP contribution in [-0.4, -0.2) is 74.4 Å². The predicted molar refractivity (Wildman–Crippen MR) is 118 cm³/mol. The van der Waals surface area contributed by atoms with E-state index in [1.165, 1.54) is 10.9 Å². The average Bonchev–Trinajstić information content (AvgIpc) is 3.32. The number of H-pyrrole nitrogens is 1. The number of aliphatic hydroxyl groups excluding tert-OH is 1. The molecule has 33 heavy (non-hydrogen) atoms. The molecular formula is C18H28N7O7P. The van der Waals surface area contributed by atoms with Crippen molar-refractivity contribution in [2.24, 2.45) is 0 Å². The molecule has 1 fully saturated rings. The minimum absolute atomic E-state index is 0.00399. The van der Waals surface area contributed by atoms with Crippen molar-refractivity contribution in [3.8, 4) is 0 Å². The van der Waals surface area contributed by atoms with Crippen LogP contribution in [0.5, 0.6) is 0 Å². The average molecular weight is 485 g/mol. The van der Waals surface area contributed by atoms with E-state index in [1.807, 2.05) is 0 Å². The Labute approximate surface area is 190 Å². The standard InChI is InChI=1S/C18H28N7O7P/c1-9(2)31-17(29)10(3)24-33(21-4-5-26)30-7-12-11(27)6-13(32-12)25-8-20-14-15(25)22-18(19)23-16(14)28/h5,8-13,21,24,27H,4,6-7H2,1-3H3,(H3,19,22,23,28). The number of aliphatic hydroxyl groups is 1. The molecule has 3 heterocycles. The molecule has 0 amide bonds. The van der Waals surface area contributed by atoms with E-state index in [0.717, 1.165) is 0 Å². The van der Waals surface area contributed by atoms with E-state index < -0.39 is 44.5 Å². The van der Waals surface area contributed by atoms with Gasteiger partial charge < -0.3 is 29.6 Å². The molecule has 1 aliphatic rings. The molecule has 182 valence electrons. The fourth-order valence-electron chi connectivity index (χ4n) is 3.15. The number of rotatable bonds is 11. The van der Waals surface area contributed by atoms with E-state index in [2.05, 4.69) is 25.1 Å². The number of nitrogens with zero attached hydrogens (tertiary/aromatic N) is 3. The largest absolute Gasteiger partial charge is 0.462 e. The van der Waals surface area contributed by atoms with Crippen LogP contribution in [0.4, 0.5) is 5.95 Å². The van der Waals surface area contributed by atoms with Crippen molar-refractivity contribution in [3.63, 3.8) is 0 Å². The van der Waals surface area contributed by atoms with Crippen molar-refractivity contribution in [2.45, 2.75) is 57.8 Å². The number of carbonyl (C=O) groups is 2. The molecule has 2 aromatic heterocycles. The van der Waals surface area contributed by atoms with Crippen molar-refractivity contribution in [2.75, 3.05) is 18.9 Å². The molecule has 15 heteroatoms. The number of nitrogen functional groups attached to an aromatic ring is 1. The quantitative estimate of drug-likeness (QED) is 0.153. The zero-order chi connectivity index (χ0) is 24.1. The van der Waals surface area contributed by atoms with Crippen molar-refractivity contribution in [3.05, 3.63) is 16.7 Å². The number of aromatic amines is 1. The van der Waals surface area contributed by atoms with E-state index in [9.17, 15) is 19.5 Å². The summed E-state index contributed by atoms with van der Waals surface area (Å²) in [5, 5.41) is 16.3. The normalized spacial score (nSPS) is 22.5. The Hall–Kier alpha value is -2.48.